The van der Waals surface area contributed by atoms with E-state index in [0.29, 0.717) is 0 Å². The summed E-state index contributed by atoms with van der Waals surface area (Å²) in [5.41, 5.74) is -12.1. The lowest BCUT2D eigenvalue weighted by molar-refractivity contribution is -0.499. The lowest BCUT2D eigenvalue weighted by Gasteiger charge is -2.19. The van der Waals surface area contributed by atoms with Crippen LogP contribution < -0.4 is 6.15 Å². The Bertz CT molecular complexity index is 1150. The highest BCUT2D eigenvalue weighted by Gasteiger charge is 2.48. The van der Waals surface area contributed by atoms with E-state index in [1.165, 1.54) is 0 Å². The monoisotopic (exact) mass is 456 g/mol. The van der Waals surface area contributed by atoms with Crippen LogP contribution >= 0.6 is 0 Å². The molecular weight excluding hydrogens is 448 g/mol. The minimum atomic E-state index is -2.63. The maximum atomic E-state index is 11.5. The van der Waals surface area contributed by atoms with Crippen molar-refractivity contribution in [3.63, 3.8) is 0 Å². The van der Waals surface area contributed by atoms with Crippen molar-refractivity contribution < 1.29 is 29.5 Å². The largest absolute Gasteiger partial charge is 0.792 e. The molecule has 0 bridgehead atoms. The molecule has 0 fully saturated rings. The smallest absolute Gasteiger partial charge is 0.291 e. The highest BCUT2D eigenvalue weighted by molar-refractivity contribution is 6.18. The Balaban J connectivity index is 0.00000512. The SMILES string of the molecule is [N-]=C1C([N+](=O)[O-])=CC([N+](=O)[O-])C(c2c([N+](=O)[O-])cc([N+](=O)[O-])cc2[N+](=O)[O-])=C1[N+](=O)[O-].[NH4+]. The van der Waals surface area contributed by atoms with Gasteiger partial charge in [0.15, 0.2) is 0 Å². The summed E-state index contributed by atoms with van der Waals surface area (Å²) in [5, 5.41) is 77.7. The summed E-state index contributed by atoms with van der Waals surface area (Å²) in [7, 11) is 0. The lowest BCUT2D eigenvalue weighted by atomic mass is 9.87. The maximum Gasteiger partial charge on any atom is 0.291 e. The van der Waals surface area contributed by atoms with Crippen LogP contribution in [0.3, 0.4) is 0 Å². The van der Waals surface area contributed by atoms with Crippen LogP contribution in [-0.4, -0.2) is 41.3 Å². The number of nitrogens with zero attached hydrogens (tertiary/aromatic N) is 7. The summed E-state index contributed by atoms with van der Waals surface area (Å²) in [4.78, 5) is 59.3. The first-order valence-electron chi connectivity index (χ1n) is 7.36. The molecule has 0 saturated heterocycles. The molecule has 1 aromatic carbocycles. The molecule has 20 nitrogen and oxygen atoms in total. The van der Waals surface area contributed by atoms with Crippen LogP contribution in [0.4, 0.5) is 17.1 Å². The van der Waals surface area contributed by atoms with Crippen molar-refractivity contribution in [2.24, 2.45) is 0 Å². The Hall–Kier alpha value is -5.27. The van der Waals surface area contributed by atoms with Gasteiger partial charge in [0.25, 0.3) is 34.5 Å². The molecule has 0 saturated carbocycles. The molecule has 32 heavy (non-hydrogen) atoms. The molecule has 0 spiro atoms. The van der Waals surface area contributed by atoms with E-state index in [9.17, 15) is 66.1 Å². The lowest BCUT2D eigenvalue weighted by Crippen LogP contribution is -2.32. The minimum absolute atomic E-state index is 0. The average Bonchev–Trinajstić information content (AvgIpc) is 2.65. The second-order valence-corrected chi connectivity index (χ2v) is 5.54. The summed E-state index contributed by atoms with van der Waals surface area (Å²) >= 11 is 0. The van der Waals surface area contributed by atoms with Crippen LogP contribution in [0.1, 0.15) is 5.56 Å². The number of nitro groups is 6. The number of quaternary nitrogens is 1. The molecule has 1 aliphatic rings. The van der Waals surface area contributed by atoms with Crippen LogP contribution in [0.25, 0.3) is 11.0 Å². The third-order valence-corrected chi connectivity index (χ3v) is 3.89. The minimum Gasteiger partial charge on any atom is -0.792 e. The molecule has 0 heterocycles. The van der Waals surface area contributed by atoms with Crippen molar-refractivity contribution >= 4 is 28.3 Å². The van der Waals surface area contributed by atoms with Gasteiger partial charge in [0.2, 0.25) is 0 Å². The fourth-order valence-electron chi connectivity index (χ4n) is 2.73. The molecule has 0 aromatic heterocycles. The van der Waals surface area contributed by atoms with E-state index in [4.69, 9.17) is 0 Å². The fraction of sp³-hybridized carbons (Fsp3) is 0.0833. The van der Waals surface area contributed by atoms with Gasteiger partial charge in [0.1, 0.15) is 11.1 Å². The third kappa shape index (κ3) is 4.04. The molecular formula is C12H8N8O12. The topological polar surface area (TPSA) is 318 Å². The molecule has 2 rings (SSSR count). The van der Waals surface area contributed by atoms with Crippen LogP contribution in [0.5, 0.6) is 0 Å². The quantitative estimate of drug-likeness (QED) is 0.451. The second-order valence-electron chi connectivity index (χ2n) is 5.54. The van der Waals surface area contributed by atoms with Gasteiger partial charge in [0.05, 0.1) is 42.8 Å². The molecule has 20 heteroatoms. The molecule has 0 amide bonds. The first kappa shape index (κ1) is 24.8. The van der Waals surface area contributed by atoms with Gasteiger partial charge in [-0.25, -0.2) is 0 Å². The Morgan fingerprint density at radius 3 is 1.50 bits per heavy atom. The zero-order valence-corrected chi connectivity index (χ0v) is 15.3. The Morgan fingerprint density at radius 1 is 0.719 bits per heavy atom. The van der Waals surface area contributed by atoms with Crippen molar-refractivity contribution in [3.05, 3.63) is 101 Å². The maximum absolute atomic E-state index is 11.5. The molecule has 1 aromatic rings. The summed E-state index contributed by atoms with van der Waals surface area (Å²) in [5.74, 6) is 0. The molecule has 1 unspecified atom stereocenters. The molecule has 0 aliphatic heterocycles. The Morgan fingerprint density at radius 2 is 1.19 bits per heavy atom. The van der Waals surface area contributed by atoms with Gasteiger partial charge in [0, 0.05) is 10.6 Å². The molecule has 168 valence electrons. The first-order chi connectivity index (χ1) is 14.3. The number of rotatable bonds is 7. The van der Waals surface area contributed by atoms with Gasteiger partial charge in [-0.15, -0.1) is 0 Å². The van der Waals surface area contributed by atoms with Crippen molar-refractivity contribution in [1.29, 1.82) is 0 Å². The normalized spacial score (nSPS) is 15.3. The van der Waals surface area contributed by atoms with Gasteiger partial charge in [-0.3, -0.25) is 60.7 Å². The summed E-state index contributed by atoms with van der Waals surface area (Å²) < 4.78 is 0. The van der Waals surface area contributed by atoms with E-state index in [2.05, 4.69) is 0 Å². The highest BCUT2D eigenvalue weighted by atomic mass is 16.7. The number of benzene rings is 1. The van der Waals surface area contributed by atoms with Gasteiger partial charge in [-0.2, -0.15) is 0 Å². The predicted molar refractivity (Wildman–Crippen MR) is 101 cm³/mol. The third-order valence-electron chi connectivity index (χ3n) is 3.89. The standard InChI is InChI=1S/C12H4N7O12.H3N/c13-11-8(18(28)29)3-7(17(26)27)10(12(11)19(30)31)9-5(15(22)23)1-4(14(20)21)2-6(9)16(24)25;/h1-3,7H;1H3/q-1;/p+1. The predicted octanol–water partition coefficient (Wildman–Crippen LogP) is 1.61. The van der Waals surface area contributed by atoms with E-state index in [-0.39, 0.29) is 24.4 Å². The number of hydrogen-bond acceptors (Lipinski definition) is 12. The van der Waals surface area contributed by atoms with Crippen LogP contribution in [0, 0.1) is 60.7 Å². The summed E-state index contributed by atoms with van der Waals surface area (Å²) in [6.45, 7) is 0. The van der Waals surface area contributed by atoms with E-state index in [0.717, 1.165) is 0 Å². The van der Waals surface area contributed by atoms with Gasteiger partial charge in [-0.05, 0) is 0 Å². The van der Waals surface area contributed by atoms with E-state index >= 15 is 0 Å². The number of nitro benzene ring substituents is 3. The van der Waals surface area contributed by atoms with E-state index in [1.807, 2.05) is 0 Å². The number of hydrogen-bond donors (Lipinski definition) is 1. The van der Waals surface area contributed by atoms with Crippen LogP contribution in [0.15, 0.2) is 29.6 Å². The average molecular weight is 456 g/mol. The van der Waals surface area contributed by atoms with Crippen LogP contribution in [0.2, 0.25) is 0 Å². The van der Waals surface area contributed by atoms with Gasteiger partial charge < -0.3 is 11.6 Å². The summed E-state index contributed by atoms with van der Waals surface area (Å²) in [6, 6.07) is -2.31. The second kappa shape index (κ2) is 8.62. The Labute approximate surface area is 172 Å². The molecule has 1 atom stereocenters. The molecule has 4 N–H and O–H groups in total. The first-order valence-corrected chi connectivity index (χ1v) is 7.36. The van der Waals surface area contributed by atoms with Gasteiger partial charge >= 0.3 is 0 Å². The zero-order valence-electron chi connectivity index (χ0n) is 15.3. The molecule has 1 aliphatic carbocycles. The Kier molecular flexibility index (Phi) is 6.67. The fourth-order valence-corrected chi connectivity index (χ4v) is 2.73. The molecule has 0 radical (unpaired) electrons. The van der Waals surface area contributed by atoms with Crippen molar-refractivity contribution in [2.45, 2.75) is 6.04 Å². The van der Waals surface area contributed by atoms with Crippen molar-refractivity contribution in [3.8, 4) is 0 Å². The van der Waals surface area contributed by atoms with Crippen molar-refractivity contribution in [2.75, 3.05) is 0 Å². The highest BCUT2D eigenvalue weighted by Crippen LogP contribution is 2.43. The zero-order chi connectivity index (χ0) is 23.8. The van der Waals surface area contributed by atoms with Gasteiger partial charge in [-0.1, -0.05) is 0 Å². The van der Waals surface area contributed by atoms with Crippen LogP contribution in [-0.2, 0) is 0 Å². The summed E-state index contributed by atoms with van der Waals surface area (Å²) in [6.07, 6.45) is 0.0898. The van der Waals surface area contributed by atoms with E-state index < -0.39 is 80.9 Å². The van der Waals surface area contributed by atoms with E-state index in [1.54, 1.807) is 0 Å². The number of non-ortho nitro benzene ring substituents is 1. The van der Waals surface area contributed by atoms with Crippen molar-refractivity contribution in [1.82, 2.24) is 6.15 Å².